The predicted molar refractivity (Wildman–Crippen MR) is 64.6 cm³/mol. The summed E-state index contributed by atoms with van der Waals surface area (Å²) in [6.45, 7) is 1.40. The minimum absolute atomic E-state index is 0.0277. The number of ether oxygens (including phenoxy) is 1. The van der Waals surface area contributed by atoms with E-state index in [1.807, 2.05) is 0 Å². The van der Waals surface area contributed by atoms with Crippen LogP contribution in [0, 0.1) is 0 Å². The van der Waals surface area contributed by atoms with Crippen LogP contribution in [-0.4, -0.2) is 32.6 Å². The van der Waals surface area contributed by atoms with Gasteiger partial charge in [-0.3, -0.25) is 4.79 Å². The highest BCUT2D eigenvalue weighted by molar-refractivity contribution is 7.89. The van der Waals surface area contributed by atoms with Gasteiger partial charge < -0.3 is 9.84 Å². The van der Waals surface area contributed by atoms with Crippen LogP contribution in [0.4, 0.5) is 0 Å². The number of rotatable bonds is 6. The Morgan fingerprint density at radius 3 is 2.61 bits per heavy atom. The number of hydrogen-bond donors (Lipinski definition) is 2. The van der Waals surface area contributed by atoms with E-state index < -0.39 is 22.0 Å². The fourth-order valence-electron chi connectivity index (χ4n) is 1.39. The average Bonchev–Trinajstić information content (AvgIpc) is 2.29. The zero-order valence-corrected chi connectivity index (χ0v) is 10.9. The molecule has 0 saturated heterocycles. The molecule has 1 rings (SSSR count). The van der Waals surface area contributed by atoms with E-state index in [1.54, 1.807) is 18.2 Å². The SMILES string of the molecule is COCc1ccccc1S(=O)(=O)N[C@H](C)C(=O)O. The molecule has 0 unspecified atom stereocenters. The molecule has 0 heterocycles. The number of benzene rings is 1. The highest BCUT2D eigenvalue weighted by Gasteiger charge is 2.23. The van der Waals surface area contributed by atoms with Gasteiger partial charge in [0.15, 0.2) is 0 Å². The maximum Gasteiger partial charge on any atom is 0.321 e. The first-order chi connectivity index (χ1) is 8.38. The Hall–Kier alpha value is -1.44. The standard InChI is InChI=1S/C11H15NO5S/c1-8(11(13)14)12-18(15,16)10-6-4-3-5-9(10)7-17-2/h3-6,8,12H,7H2,1-2H3,(H,13,14)/t8-/m1/s1. The van der Waals surface area contributed by atoms with Crippen LogP contribution in [-0.2, 0) is 26.2 Å². The third-order valence-corrected chi connectivity index (χ3v) is 3.91. The number of sulfonamides is 1. The van der Waals surface area contributed by atoms with E-state index in [4.69, 9.17) is 9.84 Å². The third kappa shape index (κ3) is 3.52. The predicted octanol–water partition coefficient (Wildman–Crippen LogP) is 0.584. The molecule has 0 fully saturated rings. The fraction of sp³-hybridized carbons (Fsp3) is 0.364. The van der Waals surface area contributed by atoms with E-state index >= 15 is 0 Å². The van der Waals surface area contributed by atoms with Gasteiger partial charge in [-0.25, -0.2) is 8.42 Å². The number of aliphatic carboxylic acids is 1. The van der Waals surface area contributed by atoms with Gasteiger partial charge in [0.1, 0.15) is 6.04 Å². The molecule has 0 aliphatic carbocycles. The van der Waals surface area contributed by atoms with Crippen molar-refractivity contribution in [3.05, 3.63) is 29.8 Å². The van der Waals surface area contributed by atoms with Gasteiger partial charge in [0.05, 0.1) is 11.5 Å². The van der Waals surface area contributed by atoms with Crippen LogP contribution in [0.3, 0.4) is 0 Å². The molecule has 2 N–H and O–H groups in total. The lowest BCUT2D eigenvalue weighted by atomic mass is 10.2. The molecule has 0 saturated carbocycles. The maximum absolute atomic E-state index is 12.0. The van der Waals surface area contributed by atoms with Crippen LogP contribution in [0.2, 0.25) is 0 Å². The lowest BCUT2D eigenvalue weighted by molar-refractivity contribution is -0.138. The summed E-state index contributed by atoms with van der Waals surface area (Å²) >= 11 is 0. The van der Waals surface area contributed by atoms with Crippen LogP contribution in [0.25, 0.3) is 0 Å². The number of carbonyl (C=O) groups is 1. The van der Waals surface area contributed by atoms with Crippen molar-refractivity contribution in [2.75, 3.05) is 7.11 Å². The van der Waals surface area contributed by atoms with Crippen molar-refractivity contribution in [3.63, 3.8) is 0 Å². The number of carboxylic acid groups (broad SMARTS) is 1. The minimum Gasteiger partial charge on any atom is -0.480 e. The maximum atomic E-state index is 12.0. The summed E-state index contributed by atoms with van der Waals surface area (Å²) in [7, 11) is -2.41. The van der Waals surface area contributed by atoms with E-state index in [0.717, 1.165) is 0 Å². The smallest absolute Gasteiger partial charge is 0.321 e. The van der Waals surface area contributed by atoms with Gasteiger partial charge in [0, 0.05) is 7.11 Å². The summed E-state index contributed by atoms with van der Waals surface area (Å²) in [5, 5.41) is 8.71. The largest absolute Gasteiger partial charge is 0.480 e. The van der Waals surface area contributed by atoms with E-state index in [9.17, 15) is 13.2 Å². The molecule has 6 nitrogen and oxygen atoms in total. The summed E-state index contributed by atoms with van der Waals surface area (Å²) in [5.41, 5.74) is 0.477. The third-order valence-electron chi connectivity index (χ3n) is 2.26. The zero-order chi connectivity index (χ0) is 13.8. The molecule has 1 aromatic carbocycles. The molecular formula is C11H15NO5S. The first-order valence-corrected chi connectivity index (χ1v) is 6.69. The summed E-state index contributed by atoms with van der Waals surface area (Å²) in [4.78, 5) is 10.7. The van der Waals surface area contributed by atoms with Crippen LogP contribution in [0.1, 0.15) is 12.5 Å². The van der Waals surface area contributed by atoms with Crippen LogP contribution < -0.4 is 4.72 Å². The Bertz CT molecular complexity index is 526. The van der Waals surface area contributed by atoms with Crippen LogP contribution in [0.15, 0.2) is 29.2 Å². The second-order valence-electron chi connectivity index (χ2n) is 3.72. The molecule has 0 radical (unpaired) electrons. The van der Waals surface area contributed by atoms with E-state index in [1.165, 1.54) is 20.1 Å². The summed E-state index contributed by atoms with van der Waals surface area (Å²) < 4.78 is 31.0. The lowest BCUT2D eigenvalue weighted by Crippen LogP contribution is -2.38. The van der Waals surface area contributed by atoms with Crippen molar-refractivity contribution >= 4 is 16.0 Å². The average molecular weight is 273 g/mol. The van der Waals surface area contributed by atoms with Gasteiger partial charge in [-0.2, -0.15) is 4.72 Å². The Morgan fingerprint density at radius 2 is 2.06 bits per heavy atom. The highest BCUT2D eigenvalue weighted by Crippen LogP contribution is 2.16. The van der Waals surface area contributed by atoms with E-state index in [2.05, 4.69) is 4.72 Å². The van der Waals surface area contributed by atoms with E-state index in [-0.39, 0.29) is 11.5 Å². The Morgan fingerprint density at radius 1 is 1.44 bits per heavy atom. The van der Waals surface area contributed by atoms with Crippen molar-refractivity contribution in [1.82, 2.24) is 4.72 Å². The summed E-state index contributed by atoms with van der Waals surface area (Å²) in [6.07, 6.45) is 0. The molecular weight excluding hydrogens is 258 g/mol. The number of nitrogens with one attached hydrogen (secondary N) is 1. The minimum atomic E-state index is -3.87. The molecule has 0 aliphatic rings. The number of carboxylic acids is 1. The molecule has 0 aromatic heterocycles. The second-order valence-corrected chi connectivity index (χ2v) is 5.40. The Balaban J connectivity index is 3.08. The quantitative estimate of drug-likeness (QED) is 0.791. The topological polar surface area (TPSA) is 92.7 Å². The normalized spacial score (nSPS) is 13.2. The summed E-state index contributed by atoms with van der Waals surface area (Å²) in [5.74, 6) is -1.23. The summed E-state index contributed by atoms with van der Waals surface area (Å²) in [6, 6.07) is 5.09. The fourth-order valence-corrected chi connectivity index (χ4v) is 2.81. The molecule has 1 aromatic rings. The Kier molecular flexibility index (Phi) is 4.83. The Labute approximate surface area is 106 Å². The molecule has 18 heavy (non-hydrogen) atoms. The molecule has 7 heteroatoms. The van der Waals surface area contributed by atoms with Crippen molar-refractivity contribution in [3.8, 4) is 0 Å². The van der Waals surface area contributed by atoms with Crippen molar-refractivity contribution in [2.45, 2.75) is 24.5 Å². The number of methoxy groups -OCH3 is 1. The van der Waals surface area contributed by atoms with E-state index in [0.29, 0.717) is 5.56 Å². The zero-order valence-electron chi connectivity index (χ0n) is 10.1. The van der Waals surface area contributed by atoms with Crippen molar-refractivity contribution < 1.29 is 23.1 Å². The molecule has 0 amide bonds. The highest BCUT2D eigenvalue weighted by atomic mass is 32.2. The van der Waals surface area contributed by atoms with Gasteiger partial charge in [-0.05, 0) is 18.6 Å². The molecule has 0 bridgehead atoms. The van der Waals surface area contributed by atoms with Gasteiger partial charge in [-0.15, -0.1) is 0 Å². The lowest BCUT2D eigenvalue weighted by Gasteiger charge is -2.13. The van der Waals surface area contributed by atoms with Gasteiger partial charge in [-0.1, -0.05) is 18.2 Å². The monoisotopic (exact) mass is 273 g/mol. The van der Waals surface area contributed by atoms with Crippen LogP contribution in [0.5, 0.6) is 0 Å². The first-order valence-electron chi connectivity index (χ1n) is 5.20. The van der Waals surface area contributed by atoms with Gasteiger partial charge in [0.2, 0.25) is 10.0 Å². The molecule has 0 aliphatic heterocycles. The molecule has 0 spiro atoms. The van der Waals surface area contributed by atoms with Crippen LogP contribution >= 0.6 is 0 Å². The van der Waals surface area contributed by atoms with Gasteiger partial charge >= 0.3 is 5.97 Å². The van der Waals surface area contributed by atoms with Crippen molar-refractivity contribution in [1.29, 1.82) is 0 Å². The van der Waals surface area contributed by atoms with Gasteiger partial charge in [0.25, 0.3) is 0 Å². The number of hydrogen-bond acceptors (Lipinski definition) is 4. The molecule has 100 valence electrons. The second kappa shape index (κ2) is 5.94. The first kappa shape index (κ1) is 14.6. The molecule has 1 atom stereocenters. The van der Waals surface area contributed by atoms with Crippen molar-refractivity contribution in [2.24, 2.45) is 0 Å².